The van der Waals surface area contributed by atoms with E-state index in [-0.39, 0.29) is 12.5 Å². The molecule has 0 unspecified atom stereocenters. The summed E-state index contributed by atoms with van der Waals surface area (Å²) in [5, 5.41) is 3.83. The minimum Gasteiger partial charge on any atom is -0.482 e. The zero-order valence-corrected chi connectivity index (χ0v) is 11.1. The van der Waals surface area contributed by atoms with Crippen molar-refractivity contribution in [2.45, 2.75) is 18.9 Å². The van der Waals surface area contributed by atoms with Crippen LogP contribution in [0.1, 0.15) is 12.8 Å². The number of benzene rings is 1. The van der Waals surface area contributed by atoms with Gasteiger partial charge in [0.2, 0.25) is 0 Å². The molecule has 1 aromatic carbocycles. The number of nitrogens with one attached hydrogen (secondary N) is 1. The molecular formula is C11H10Cl3NO2. The Balaban J connectivity index is 1.93. The molecule has 1 saturated carbocycles. The summed E-state index contributed by atoms with van der Waals surface area (Å²) < 4.78 is 5.28. The predicted molar refractivity (Wildman–Crippen MR) is 68.1 cm³/mol. The Morgan fingerprint density at radius 3 is 2.53 bits per heavy atom. The largest absolute Gasteiger partial charge is 0.482 e. The molecule has 1 amide bonds. The van der Waals surface area contributed by atoms with Crippen molar-refractivity contribution in [2.24, 2.45) is 0 Å². The number of hydrogen-bond donors (Lipinski definition) is 1. The Morgan fingerprint density at radius 1 is 1.24 bits per heavy atom. The molecule has 1 fully saturated rings. The second-order valence-electron chi connectivity index (χ2n) is 3.83. The van der Waals surface area contributed by atoms with Gasteiger partial charge in [0.1, 0.15) is 5.75 Å². The van der Waals surface area contributed by atoms with Crippen LogP contribution in [0.15, 0.2) is 12.1 Å². The van der Waals surface area contributed by atoms with Gasteiger partial charge in [-0.1, -0.05) is 34.8 Å². The van der Waals surface area contributed by atoms with Gasteiger partial charge < -0.3 is 10.1 Å². The second-order valence-corrected chi connectivity index (χ2v) is 5.05. The summed E-state index contributed by atoms with van der Waals surface area (Å²) >= 11 is 17.5. The molecule has 0 aromatic heterocycles. The fraction of sp³-hybridized carbons (Fsp3) is 0.364. The quantitative estimate of drug-likeness (QED) is 0.865. The normalized spacial score (nSPS) is 14.5. The molecule has 0 heterocycles. The molecule has 1 aliphatic rings. The third-order valence-corrected chi connectivity index (χ3v) is 3.29. The minimum atomic E-state index is -0.158. The Kier molecular flexibility index (Phi) is 4.02. The van der Waals surface area contributed by atoms with Crippen LogP contribution in [-0.2, 0) is 4.79 Å². The maximum atomic E-state index is 11.4. The number of hydrogen-bond acceptors (Lipinski definition) is 2. The molecule has 0 bridgehead atoms. The van der Waals surface area contributed by atoms with Crippen molar-refractivity contribution in [1.29, 1.82) is 0 Å². The van der Waals surface area contributed by atoms with Crippen LogP contribution in [0.3, 0.4) is 0 Å². The van der Waals surface area contributed by atoms with E-state index in [0.717, 1.165) is 12.8 Å². The average Bonchev–Trinajstić information content (AvgIpc) is 3.05. The molecular weight excluding hydrogens is 284 g/mol. The molecule has 0 spiro atoms. The highest BCUT2D eigenvalue weighted by molar-refractivity contribution is 6.43. The first-order valence-electron chi connectivity index (χ1n) is 5.13. The van der Waals surface area contributed by atoms with E-state index in [1.165, 1.54) is 12.1 Å². The van der Waals surface area contributed by atoms with Gasteiger partial charge >= 0.3 is 0 Å². The SMILES string of the molecule is O=C(COc1cc(Cl)c(Cl)cc1Cl)NC1CC1. The van der Waals surface area contributed by atoms with Gasteiger partial charge in [0.15, 0.2) is 6.61 Å². The van der Waals surface area contributed by atoms with Crippen molar-refractivity contribution >= 4 is 40.7 Å². The van der Waals surface area contributed by atoms with Gasteiger partial charge in [-0.2, -0.15) is 0 Å². The van der Waals surface area contributed by atoms with Gasteiger partial charge in [-0.3, -0.25) is 4.79 Å². The zero-order chi connectivity index (χ0) is 12.4. The summed E-state index contributed by atoms with van der Waals surface area (Å²) in [6.07, 6.45) is 2.08. The second kappa shape index (κ2) is 5.34. The molecule has 0 atom stereocenters. The zero-order valence-electron chi connectivity index (χ0n) is 8.80. The van der Waals surface area contributed by atoms with Crippen LogP contribution in [0, 0.1) is 0 Å². The molecule has 3 nitrogen and oxygen atoms in total. The van der Waals surface area contributed by atoms with Crippen molar-refractivity contribution < 1.29 is 9.53 Å². The highest BCUT2D eigenvalue weighted by atomic mass is 35.5. The topological polar surface area (TPSA) is 38.3 Å². The maximum Gasteiger partial charge on any atom is 0.258 e. The van der Waals surface area contributed by atoms with Crippen LogP contribution >= 0.6 is 34.8 Å². The third-order valence-electron chi connectivity index (χ3n) is 2.28. The molecule has 2 rings (SSSR count). The number of rotatable bonds is 4. The van der Waals surface area contributed by atoms with Crippen molar-refractivity contribution in [3.63, 3.8) is 0 Å². The molecule has 0 aliphatic heterocycles. The lowest BCUT2D eigenvalue weighted by Crippen LogP contribution is -2.30. The van der Waals surface area contributed by atoms with E-state index in [2.05, 4.69) is 5.32 Å². The molecule has 6 heteroatoms. The third kappa shape index (κ3) is 3.66. The lowest BCUT2D eigenvalue weighted by atomic mass is 10.3. The van der Waals surface area contributed by atoms with E-state index in [0.29, 0.717) is 26.9 Å². The summed E-state index contributed by atoms with van der Waals surface area (Å²) in [4.78, 5) is 11.4. The summed E-state index contributed by atoms with van der Waals surface area (Å²) in [5.74, 6) is 0.196. The monoisotopic (exact) mass is 293 g/mol. The summed E-state index contributed by atoms with van der Waals surface area (Å²) in [5.41, 5.74) is 0. The summed E-state index contributed by atoms with van der Waals surface area (Å²) in [6, 6.07) is 3.30. The van der Waals surface area contributed by atoms with E-state index in [1.807, 2.05) is 0 Å². The minimum absolute atomic E-state index is 0.0752. The summed E-state index contributed by atoms with van der Waals surface area (Å²) in [6.45, 7) is -0.0752. The number of halogens is 3. The van der Waals surface area contributed by atoms with Crippen LogP contribution in [0.4, 0.5) is 0 Å². The molecule has 1 aromatic rings. The predicted octanol–water partition coefficient (Wildman–Crippen LogP) is 3.30. The first-order valence-corrected chi connectivity index (χ1v) is 6.26. The standard InChI is InChI=1S/C11H10Cl3NO2/c12-7-3-9(14)10(4-8(7)13)17-5-11(16)15-6-1-2-6/h3-4,6H,1-2,5H2,(H,15,16). The molecule has 1 aliphatic carbocycles. The Morgan fingerprint density at radius 2 is 1.88 bits per heavy atom. The highest BCUT2D eigenvalue weighted by Gasteiger charge is 2.23. The highest BCUT2D eigenvalue weighted by Crippen LogP contribution is 2.33. The number of amides is 1. The van der Waals surface area contributed by atoms with E-state index < -0.39 is 0 Å². The Labute approximate surface area is 114 Å². The Bertz CT molecular complexity index is 447. The van der Waals surface area contributed by atoms with E-state index in [1.54, 1.807) is 0 Å². The van der Waals surface area contributed by atoms with Crippen LogP contribution in [0.5, 0.6) is 5.75 Å². The molecule has 92 valence electrons. The van der Waals surface area contributed by atoms with Gasteiger partial charge in [0, 0.05) is 12.1 Å². The van der Waals surface area contributed by atoms with Crippen LogP contribution in [0.2, 0.25) is 15.1 Å². The van der Waals surface area contributed by atoms with E-state index in [9.17, 15) is 4.79 Å². The van der Waals surface area contributed by atoms with Gasteiger partial charge in [-0.15, -0.1) is 0 Å². The van der Waals surface area contributed by atoms with Crippen molar-refractivity contribution in [1.82, 2.24) is 5.32 Å². The number of carbonyl (C=O) groups is 1. The van der Waals surface area contributed by atoms with E-state index >= 15 is 0 Å². The number of ether oxygens (including phenoxy) is 1. The van der Waals surface area contributed by atoms with Crippen molar-refractivity contribution in [3.05, 3.63) is 27.2 Å². The fourth-order valence-corrected chi connectivity index (χ4v) is 1.85. The summed E-state index contributed by atoms with van der Waals surface area (Å²) in [7, 11) is 0. The van der Waals surface area contributed by atoms with Crippen molar-refractivity contribution in [2.75, 3.05) is 6.61 Å². The van der Waals surface area contributed by atoms with Gasteiger partial charge in [0.05, 0.1) is 15.1 Å². The first kappa shape index (κ1) is 12.8. The van der Waals surface area contributed by atoms with Crippen LogP contribution < -0.4 is 10.1 Å². The maximum absolute atomic E-state index is 11.4. The number of carbonyl (C=O) groups excluding carboxylic acids is 1. The van der Waals surface area contributed by atoms with Gasteiger partial charge in [-0.25, -0.2) is 0 Å². The van der Waals surface area contributed by atoms with Crippen LogP contribution in [-0.4, -0.2) is 18.6 Å². The molecule has 1 N–H and O–H groups in total. The molecule has 0 radical (unpaired) electrons. The molecule has 0 saturated heterocycles. The van der Waals surface area contributed by atoms with E-state index in [4.69, 9.17) is 39.5 Å². The van der Waals surface area contributed by atoms with Gasteiger partial charge in [0.25, 0.3) is 5.91 Å². The Hall–Kier alpha value is -0.640. The van der Waals surface area contributed by atoms with Crippen LogP contribution in [0.25, 0.3) is 0 Å². The van der Waals surface area contributed by atoms with Gasteiger partial charge in [-0.05, 0) is 18.9 Å². The molecule has 17 heavy (non-hydrogen) atoms. The average molecular weight is 295 g/mol. The fourth-order valence-electron chi connectivity index (χ4n) is 1.26. The lowest BCUT2D eigenvalue weighted by Gasteiger charge is -2.09. The van der Waals surface area contributed by atoms with Crippen molar-refractivity contribution in [3.8, 4) is 5.75 Å². The first-order chi connectivity index (χ1) is 8.06. The lowest BCUT2D eigenvalue weighted by molar-refractivity contribution is -0.123. The smallest absolute Gasteiger partial charge is 0.258 e.